The van der Waals surface area contributed by atoms with Crippen molar-refractivity contribution >= 4 is 5.91 Å². The number of likely N-dealkylation sites (tertiary alicyclic amines) is 1. The van der Waals surface area contributed by atoms with Gasteiger partial charge in [-0.2, -0.15) is 0 Å². The van der Waals surface area contributed by atoms with E-state index in [9.17, 15) is 4.79 Å². The first-order valence-corrected chi connectivity index (χ1v) is 9.31. The number of hydrogen-bond donors (Lipinski definition) is 0. The van der Waals surface area contributed by atoms with Gasteiger partial charge in [-0.15, -0.1) is 0 Å². The topological polar surface area (TPSA) is 60.9 Å². The van der Waals surface area contributed by atoms with Gasteiger partial charge >= 0.3 is 0 Å². The van der Waals surface area contributed by atoms with Crippen LogP contribution in [-0.2, 0) is 14.3 Å². The number of carbonyl (C=O) groups is 1. The number of amides is 1. The number of aromatic nitrogens is 1. The molecule has 3 fully saturated rings. The Kier molecular flexibility index (Phi) is 4.90. The second-order valence-electron chi connectivity index (χ2n) is 7.38. The molecular weight excluding hydrogens is 320 g/mol. The van der Waals surface area contributed by atoms with Crippen molar-refractivity contribution in [2.75, 3.05) is 32.9 Å². The van der Waals surface area contributed by atoms with Crippen LogP contribution in [0.15, 0.2) is 24.5 Å². The van der Waals surface area contributed by atoms with Crippen LogP contribution in [0.2, 0.25) is 0 Å². The molecule has 1 amide bonds. The Morgan fingerprint density at radius 2 is 2.24 bits per heavy atom. The zero-order valence-corrected chi connectivity index (χ0v) is 14.6. The molecule has 3 aliphatic heterocycles. The van der Waals surface area contributed by atoms with Crippen molar-refractivity contribution in [2.45, 2.75) is 43.8 Å². The lowest BCUT2D eigenvalue weighted by molar-refractivity contribution is -0.146. The highest BCUT2D eigenvalue weighted by molar-refractivity contribution is 5.79. The zero-order valence-electron chi connectivity index (χ0n) is 14.6. The third-order valence-corrected chi connectivity index (χ3v) is 5.53. The monoisotopic (exact) mass is 346 g/mol. The molecule has 25 heavy (non-hydrogen) atoms. The van der Waals surface area contributed by atoms with E-state index < -0.39 is 0 Å². The van der Waals surface area contributed by atoms with E-state index in [1.807, 2.05) is 17.0 Å². The van der Waals surface area contributed by atoms with Crippen LogP contribution in [0.5, 0.6) is 5.75 Å². The number of ether oxygens (including phenoxy) is 3. The van der Waals surface area contributed by atoms with E-state index in [2.05, 4.69) is 4.98 Å². The Bertz CT molecular complexity index is 590. The first-order chi connectivity index (χ1) is 12.2. The summed E-state index contributed by atoms with van der Waals surface area (Å²) in [4.78, 5) is 18.9. The highest BCUT2D eigenvalue weighted by Gasteiger charge is 2.46. The summed E-state index contributed by atoms with van der Waals surface area (Å²) in [5, 5.41) is 0. The van der Waals surface area contributed by atoms with E-state index in [1.165, 1.54) is 0 Å². The van der Waals surface area contributed by atoms with Gasteiger partial charge in [0.05, 0.1) is 18.4 Å². The Hall–Kier alpha value is -1.66. The second-order valence-corrected chi connectivity index (χ2v) is 7.38. The minimum Gasteiger partial charge on any atom is -0.486 e. The molecule has 1 aromatic rings. The predicted octanol–water partition coefficient (Wildman–Crippen LogP) is 2.04. The maximum Gasteiger partial charge on any atom is 0.225 e. The molecule has 1 aromatic heterocycles. The minimum absolute atomic E-state index is 0.0299. The van der Waals surface area contributed by atoms with Gasteiger partial charge in [-0.1, -0.05) is 0 Å². The number of rotatable bonds is 3. The standard InChI is InChI=1S/C19H26N2O4/c22-18(15-4-9-23-10-5-15)21-8-2-6-19(14-21)11-17(13-24-19)25-16-3-1-7-20-12-16/h1,3,7,12,15,17H,2,4-6,8-11,13-14H2/t17-,19+/m1/s1. The molecule has 0 aliphatic carbocycles. The number of pyridine rings is 1. The molecule has 0 radical (unpaired) electrons. The fourth-order valence-electron chi connectivity index (χ4n) is 4.26. The molecule has 0 bridgehead atoms. The van der Waals surface area contributed by atoms with Crippen LogP contribution in [0.25, 0.3) is 0 Å². The smallest absolute Gasteiger partial charge is 0.225 e. The normalized spacial score (nSPS) is 30.6. The number of nitrogens with zero attached hydrogens (tertiary/aromatic N) is 2. The zero-order chi connectivity index (χ0) is 17.1. The molecule has 0 aromatic carbocycles. The molecule has 0 saturated carbocycles. The average molecular weight is 346 g/mol. The van der Waals surface area contributed by atoms with Crippen molar-refractivity contribution in [2.24, 2.45) is 5.92 Å². The summed E-state index contributed by atoms with van der Waals surface area (Å²) in [6.07, 6.45) is 8.01. The SMILES string of the molecule is O=C(C1CCOCC1)N1CCC[C@]2(C[C@@H](Oc3cccnc3)CO2)C1. The van der Waals surface area contributed by atoms with Crippen LogP contribution in [0.1, 0.15) is 32.1 Å². The average Bonchev–Trinajstić information content (AvgIpc) is 3.04. The molecule has 0 N–H and O–H groups in total. The van der Waals surface area contributed by atoms with E-state index in [0.717, 1.165) is 44.4 Å². The Balaban J connectivity index is 1.36. The molecule has 6 heteroatoms. The van der Waals surface area contributed by atoms with Crippen LogP contribution in [0.4, 0.5) is 0 Å². The fraction of sp³-hybridized carbons (Fsp3) is 0.684. The summed E-state index contributed by atoms with van der Waals surface area (Å²) in [5.41, 5.74) is -0.244. The van der Waals surface area contributed by atoms with E-state index in [4.69, 9.17) is 14.2 Å². The number of piperidine rings is 1. The van der Waals surface area contributed by atoms with Crippen molar-refractivity contribution in [1.82, 2.24) is 9.88 Å². The van der Waals surface area contributed by atoms with Gasteiger partial charge in [0.1, 0.15) is 11.9 Å². The molecule has 3 saturated heterocycles. The van der Waals surface area contributed by atoms with Gasteiger partial charge in [0.2, 0.25) is 5.91 Å². The van der Waals surface area contributed by atoms with E-state index in [-0.39, 0.29) is 23.5 Å². The maximum absolute atomic E-state index is 12.8. The largest absolute Gasteiger partial charge is 0.486 e. The van der Waals surface area contributed by atoms with E-state index in [1.54, 1.807) is 12.4 Å². The Morgan fingerprint density at radius 1 is 1.36 bits per heavy atom. The molecule has 6 nitrogen and oxygen atoms in total. The first-order valence-electron chi connectivity index (χ1n) is 9.31. The molecule has 3 aliphatic rings. The van der Waals surface area contributed by atoms with Crippen LogP contribution in [-0.4, -0.2) is 60.4 Å². The molecule has 4 heterocycles. The summed E-state index contributed by atoms with van der Waals surface area (Å²) in [5.74, 6) is 1.18. The van der Waals surface area contributed by atoms with E-state index in [0.29, 0.717) is 26.4 Å². The van der Waals surface area contributed by atoms with Crippen molar-refractivity contribution in [3.8, 4) is 5.75 Å². The van der Waals surface area contributed by atoms with Gasteiger partial charge in [0, 0.05) is 44.8 Å². The molecule has 0 unspecified atom stereocenters. The summed E-state index contributed by atoms with van der Waals surface area (Å²) in [6.45, 7) is 3.51. The van der Waals surface area contributed by atoms with Gasteiger partial charge in [-0.25, -0.2) is 0 Å². The lowest BCUT2D eigenvalue weighted by atomic mass is 9.88. The number of hydrogen-bond acceptors (Lipinski definition) is 5. The summed E-state index contributed by atoms with van der Waals surface area (Å²) >= 11 is 0. The molecule has 4 rings (SSSR count). The van der Waals surface area contributed by atoms with Crippen molar-refractivity contribution in [1.29, 1.82) is 0 Å². The van der Waals surface area contributed by atoms with Crippen molar-refractivity contribution < 1.29 is 19.0 Å². The quantitative estimate of drug-likeness (QED) is 0.838. The minimum atomic E-state index is -0.244. The highest BCUT2D eigenvalue weighted by atomic mass is 16.6. The number of carbonyl (C=O) groups excluding carboxylic acids is 1. The maximum atomic E-state index is 12.8. The fourth-order valence-corrected chi connectivity index (χ4v) is 4.26. The van der Waals surface area contributed by atoms with E-state index >= 15 is 0 Å². The molecule has 136 valence electrons. The molecule has 1 spiro atoms. The lowest BCUT2D eigenvalue weighted by Crippen LogP contribution is -2.52. The predicted molar refractivity (Wildman–Crippen MR) is 91.3 cm³/mol. The van der Waals surface area contributed by atoms with Gasteiger partial charge in [-0.05, 0) is 37.8 Å². The summed E-state index contributed by atoms with van der Waals surface area (Å²) < 4.78 is 17.6. The molecular formula is C19H26N2O4. The van der Waals surface area contributed by atoms with Gasteiger partial charge in [0.15, 0.2) is 0 Å². The van der Waals surface area contributed by atoms with Crippen LogP contribution in [0.3, 0.4) is 0 Å². The Labute approximate surface area is 148 Å². The molecule has 2 atom stereocenters. The third-order valence-electron chi connectivity index (χ3n) is 5.53. The van der Waals surface area contributed by atoms with Crippen molar-refractivity contribution in [3.63, 3.8) is 0 Å². The lowest BCUT2D eigenvalue weighted by Gasteiger charge is -2.41. The second kappa shape index (κ2) is 7.30. The Morgan fingerprint density at radius 3 is 3.04 bits per heavy atom. The van der Waals surface area contributed by atoms with Crippen LogP contribution >= 0.6 is 0 Å². The van der Waals surface area contributed by atoms with Crippen LogP contribution < -0.4 is 4.74 Å². The van der Waals surface area contributed by atoms with Gasteiger partial charge < -0.3 is 19.1 Å². The van der Waals surface area contributed by atoms with Crippen molar-refractivity contribution in [3.05, 3.63) is 24.5 Å². The third kappa shape index (κ3) is 3.80. The summed E-state index contributed by atoms with van der Waals surface area (Å²) in [7, 11) is 0. The highest BCUT2D eigenvalue weighted by Crippen LogP contribution is 2.37. The van der Waals surface area contributed by atoms with Crippen LogP contribution in [0, 0.1) is 5.92 Å². The summed E-state index contributed by atoms with van der Waals surface area (Å²) in [6, 6.07) is 3.79. The van der Waals surface area contributed by atoms with Gasteiger partial charge in [-0.3, -0.25) is 9.78 Å². The van der Waals surface area contributed by atoms with Gasteiger partial charge in [0.25, 0.3) is 0 Å². The first kappa shape index (κ1) is 16.8.